The van der Waals surface area contributed by atoms with E-state index >= 15 is 0 Å². The zero-order valence-electron chi connectivity index (χ0n) is 9.65. The third-order valence-corrected chi connectivity index (χ3v) is 3.16. The van der Waals surface area contributed by atoms with Crippen molar-refractivity contribution in [2.24, 2.45) is 0 Å². The molecule has 17 heavy (non-hydrogen) atoms. The third kappa shape index (κ3) is 3.87. The normalized spacial score (nSPS) is 12.6. The summed E-state index contributed by atoms with van der Waals surface area (Å²) in [4.78, 5) is 0. The molecule has 5 heteroatoms. The topological polar surface area (TPSA) is 50.9 Å². The minimum absolute atomic E-state index is 0.399. The molecule has 0 bridgehead atoms. The van der Waals surface area contributed by atoms with Crippen molar-refractivity contribution in [2.45, 2.75) is 30.4 Å². The molecule has 1 N–H and O–H groups in total. The third-order valence-electron chi connectivity index (χ3n) is 2.20. The van der Waals surface area contributed by atoms with Gasteiger partial charge in [0.25, 0.3) is 0 Å². The number of aromatic nitrogens is 3. The first-order valence-corrected chi connectivity index (χ1v) is 6.47. The number of hydrogen-bond acceptors (Lipinski definition) is 4. The predicted octanol–water partition coefficient (Wildman–Crippen LogP) is 1.95. The Bertz CT molecular complexity index is 456. The quantitative estimate of drug-likeness (QED) is 0.823. The molecule has 2 aromatic rings. The second-order valence-corrected chi connectivity index (χ2v) is 4.90. The van der Waals surface area contributed by atoms with Gasteiger partial charge in [-0.25, -0.2) is 4.68 Å². The summed E-state index contributed by atoms with van der Waals surface area (Å²) in [7, 11) is 0. The van der Waals surface area contributed by atoms with E-state index in [2.05, 4.69) is 22.4 Å². The van der Waals surface area contributed by atoms with Crippen molar-refractivity contribution in [1.29, 1.82) is 0 Å². The molecule has 0 aliphatic heterocycles. The predicted molar refractivity (Wildman–Crippen MR) is 67.7 cm³/mol. The maximum absolute atomic E-state index is 9.23. The molecule has 2 rings (SSSR count). The minimum atomic E-state index is -0.399. The average Bonchev–Trinajstić information content (AvgIpc) is 2.75. The number of thioether (sulfide) groups is 1. The molecule has 0 unspecified atom stereocenters. The minimum Gasteiger partial charge on any atom is -0.391 e. The van der Waals surface area contributed by atoms with Crippen molar-refractivity contribution >= 4 is 11.8 Å². The van der Waals surface area contributed by atoms with Gasteiger partial charge in [0.15, 0.2) is 0 Å². The Kier molecular flexibility index (Phi) is 4.17. The highest BCUT2D eigenvalue weighted by molar-refractivity contribution is 7.98. The summed E-state index contributed by atoms with van der Waals surface area (Å²) in [5.74, 6) is 0.883. The Labute approximate surface area is 105 Å². The van der Waals surface area contributed by atoms with E-state index in [0.29, 0.717) is 6.54 Å². The molecule has 0 aliphatic carbocycles. The summed E-state index contributed by atoms with van der Waals surface area (Å²) in [6.45, 7) is 2.22. The van der Waals surface area contributed by atoms with Crippen LogP contribution in [0.2, 0.25) is 0 Å². The van der Waals surface area contributed by atoms with Crippen molar-refractivity contribution in [3.05, 3.63) is 42.1 Å². The SMILES string of the molecule is C[C@@H](O)Cn1cc(SCc2ccccc2)nn1. The first-order chi connectivity index (χ1) is 8.24. The number of hydrogen-bond donors (Lipinski definition) is 1. The fourth-order valence-electron chi connectivity index (χ4n) is 1.44. The highest BCUT2D eigenvalue weighted by atomic mass is 32.2. The van der Waals surface area contributed by atoms with Crippen LogP contribution < -0.4 is 0 Å². The van der Waals surface area contributed by atoms with Gasteiger partial charge in [-0.15, -0.1) is 5.10 Å². The molecule has 1 aromatic heterocycles. The highest BCUT2D eigenvalue weighted by Gasteiger charge is 2.04. The van der Waals surface area contributed by atoms with Gasteiger partial charge in [-0.05, 0) is 12.5 Å². The standard InChI is InChI=1S/C12H15N3OS/c1-10(16)7-15-8-12(13-14-15)17-9-11-5-3-2-4-6-11/h2-6,8,10,16H,7,9H2,1H3/t10-/m1/s1. The summed E-state index contributed by atoms with van der Waals surface area (Å²) >= 11 is 1.65. The van der Waals surface area contributed by atoms with Gasteiger partial charge in [0.2, 0.25) is 0 Å². The van der Waals surface area contributed by atoms with E-state index < -0.39 is 6.10 Å². The maximum Gasteiger partial charge on any atom is 0.139 e. The molecule has 0 saturated carbocycles. The molecule has 1 atom stereocenters. The van der Waals surface area contributed by atoms with Gasteiger partial charge >= 0.3 is 0 Å². The van der Waals surface area contributed by atoms with Gasteiger partial charge in [0.05, 0.1) is 18.8 Å². The Balaban J connectivity index is 1.89. The Hall–Kier alpha value is -1.33. The van der Waals surface area contributed by atoms with Crippen LogP contribution in [-0.4, -0.2) is 26.2 Å². The molecular weight excluding hydrogens is 234 g/mol. The maximum atomic E-state index is 9.23. The van der Waals surface area contributed by atoms with Crippen molar-refractivity contribution in [1.82, 2.24) is 15.0 Å². The number of rotatable bonds is 5. The van der Waals surface area contributed by atoms with Crippen LogP contribution >= 0.6 is 11.8 Å². The highest BCUT2D eigenvalue weighted by Crippen LogP contribution is 2.19. The lowest BCUT2D eigenvalue weighted by Gasteiger charge is -2.01. The van der Waals surface area contributed by atoms with E-state index in [4.69, 9.17) is 0 Å². The molecular formula is C12H15N3OS. The Morgan fingerprint density at radius 3 is 2.82 bits per heavy atom. The van der Waals surface area contributed by atoms with Crippen molar-refractivity contribution in [2.75, 3.05) is 0 Å². The number of aliphatic hydroxyl groups excluding tert-OH is 1. The summed E-state index contributed by atoms with van der Waals surface area (Å²) in [5.41, 5.74) is 1.27. The fourth-order valence-corrected chi connectivity index (χ4v) is 2.24. The van der Waals surface area contributed by atoms with E-state index in [0.717, 1.165) is 10.8 Å². The van der Waals surface area contributed by atoms with Crippen LogP contribution in [0.3, 0.4) is 0 Å². The summed E-state index contributed by atoms with van der Waals surface area (Å²) in [6, 6.07) is 10.2. The average molecular weight is 249 g/mol. The van der Waals surface area contributed by atoms with Crippen molar-refractivity contribution < 1.29 is 5.11 Å². The molecule has 0 amide bonds. The molecule has 0 radical (unpaired) electrons. The number of nitrogens with zero attached hydrogens (tertiary/aromatic N) is 3. The zero-order chi connectivity index (χ0) is 12.1. The first-order valence-electron chi connectivity index (χ1n) is 5.49. The van der Waals surface area contributed by atoms with E-state index in [9.17, 15) is 5.11 Å². The molecule has 0 saturated heterocycles. The Morgan fingerprint density at radius 2 is 2.12 bits per heavy atom. The largest absolute Gasteiger partial charge is 0.391 e. The van der Waals surface area contributed by atoms with Crippen LogP contribution in [0.5, 0.6) is 0 Å². The zero-order valence-corrected chi connectivity index (χ0v) is 10.5. The summed E-state index contributed by atoms with van der Waals surface area (Å²) in [6.07, 6.45) is 1.46. The van der Waals surface area contributed by atoms with Crippen LogP contribution in [0.4, 0.5) is 0 Å². The van der Waals surface area contributed by atoms with Crippen LogP contribution in [0.25, 0.3) is 0 Å². The fraction of sp³-hybridized carbons (Fsp3) is 0.333. The van der Waals surface area contributed by atoms with Gasteiger partial charge in [0, 0.05) is 5.75 Å². The lowest BCUT2D eigenvalue weighted by Crippen LogP contribution is -2.11. The van der Waals surface area contributed by atoms with E-state index in [-0.39, 0.29) is 0 Å². The second-order valence-electron chi connectivity index (χ2n) is 3.90. The number of benzene rings is 1. The van der Waals surface area contributed by atoms with Gasteiger partial charge < -0.3 is 5.11 Å². The second kappa shape index (κ2) is 5.84. The molecule has 1 aromatic carbocycles. The van der Waals surface area contributed by atoms with E-state index in [1.54, 1.807) is 23.4 Å². The van der Waals surface area contributed by atoms with Gasteiger partial charge in [0.1, 0.15) is 5.03 Å². The van der Waals surface area contributed by atoms with Crippen LogP contribution in [-0.2, 0) is 12.3 Å². The van der Waals surface area contributed by atoms with E-state index in [1.807, 2.05) is 24.4 Å². The summed E-state index contributed by atoms with van der Waals surface area (Å²) in [5, 5.41) is 18.1. The smallest absolute Gasteiger partial charge is 0.139 e. The molecule has 1 heterocycles. The molecule has 0 fully saturated rings. The molecule has 90 valence electrons. The molecule has 4 nitrogen and oxygen atoms in total. The first kappa shape index (κ1) is 12.1. The van der Waals surface area contributed by atoms with Crippen LogP contribution in [0, 0.1) is 0 Å². The number of aliphatic hydroxyl groups is 1. The van der Waals surface area contributed by atoms with Crippen molar-refractivity contribution in [3.63, 3.8) is 0 Å². The Morgan fingerprint density at radius 1 is 1.35 bits per heavy atom. The monoisotopic (exact) mass is 249 g/mol. The van der Waals surface area contributed by atoms with Crippen LogP contribution in [0.15, 0.2) is 41.6 Å². The molecule has 0 spiro atoms. The lowest BCUT2D eigenvalue weighted by atomic mass is 10.2. The van der Waals surface area contributed by atoms with Crippen molar-refractivity contribution in [3.8, 4) is 0 Å². The van der Waals surface area contributed by atoms with Gasteiger partial charge in [-0.1, -0.05) is 47.3 Å². The van der Waals surface area contributed by atoms with Gasteiger partial charge in [-0.3, -0.25) is 0 Å². The summed E-state index contributed by atoms with van der Waals surface area (Å²) < 4.78 is 1.66. The lowest BCUT2D eigenvalue weighted by molar-refractivity contribution is 0.167. The van der Waals surface area contributed by atoms with Gasteiger partial charge in [-0.2, -0.15) is 0 Å². The molecule has 0 aliphatic rings. The van der Waals surface area contributed by atoms with Crippen LogP contribution in [0.1, 0.15) is 12.5 Å². The van der Waals surface area contributed by atoms with E-state index in [1.165, 1.54) is 5.56 Å².